The number of anilines is 1. The van der Waals surface area contributed by atoms with Gasteiger partial charge in [0.2, 0.25) is 5.91 Å². The van der Waals surface area contributed by atoms with Crippen LogP contribution in [0.1, 0.15) is 61.2 Å². The average molecular weight is 425 g/mol. The van der Waals surface area contributed by atoms with Gasteiger partial charge in [0.1, 0.15) is 12.1 Å². The molecule has 0 radical (unpaired) electrons. The maximum atomic E-state index is 12.5. The lowest BCUT2D eigenvalue weighted by molar-refractivity contribution is -0.135. The molecule has 1 aliphatic heterocycles. The molecule has 2 heterocycles. The van der Waals surface area contributed by atoms with Crippen molar-refractivity contribution in [1.29, 1.82) is 0 Å². The van der Waals surface area contributed by atoms with E-state index in [9.17, 15) is 9.90 Å². The van der Waals surface area contributed by atoms with Gasteiger partial charge in [0.15, 0.2) is 0 Å². The molecular weight excluding hydrogens is 392 g/mol. The van der Waals surface area contributed by atoms with Gasteiger partial charge in [-0.1, -0.05) is 24.3 Å². The molecule has 0 saturated carbocycles. The Balaban J connectivity index is 1.37. The van der Waals surface area contributed by atoms with E-state index in [0.717, 1.165) is 41.9 Å². The number of morpholine rings is 1. The van der Waals surface area contributed by atoms with Gasteiger partial charge in [-0.05, 0) is 50.2 Å². The first-order chi connectivity index (χ1) is 15.0. The Labute approximate surface area is 183 Å². The number of nitrogens with one attached hydrogen (secondary N) is 1. The first-order valence-electron chi connectivity index (χ1n) is 11.2. The van der Waals surface area contributed by atoms with Gasteiger partial charge >= 0.3 is 0 Å². The van der Waals surface area contributed by atoms with Gasteiger partial charge in [0.25, 0.3) is 0 Å². The van der Waals surface area contributed by atoms with E-state index in [0.29, 0.717) is 38.6 Å². The van der Waals surface area contributed by atoms with Crippen LogP contribution < -0.4 is 5.32 Å². The van der Waals surface area contributed by atoms with E-state index in [1.54, 1.807) is 13.3 Å². The number of benzene rings is 1. The van der Waals surface area contributed by atoms with Crippen molar-refractivity contribution < 1.29 is 14.6 Å². The number of fused-ring (bicyclic) bond motifs is 1. The normalized spacial score (nSPS) is 20.2. The Morgan fingerprint density at radius 2 is 2.00 bits per heavy atom. The van der Waals surface area contributed by atoms with Gasteiger partial charge < -0.3 is 20.1 Å². The Kier molecular flexibility index (Phi) is 6.83. The fourth-order valence-corrected chi connectivity index (χ4v) is 4.48. The first-order valence-corrected chi connectivity index (χ1v) is 11.2. The van der Waals surface area contributed by atoms with Gasteiger partial charge in [-0.25, -0.2) is 9.97 Å². The molecule has 1 aliphatic carbocycles. The van der Waals surface area contributed by atoms with Crippen LogP contribution in [0.4, 0.5) is 5.82 Å². The van der Waals surface area contributed by atoms with Crippen molar-refractivity contribution in [3.8, 4) is 0 Å². The zero-order valence-corrected chi connectivity index (χ0v) is 18.4. The van der Waals surface area contributed by atoms with Crippen LogP contribution in [0.3, 0.4) is 0 Å². The first kappa shape index (κ1) is 21.7. The molecule has 166 valence electrons. The molecular formula is C24H32N4O3. The summed E-state index contributed by atoms with van der Waals surface area (Å²) in [5.74, 6) is 1.53. The highest BCUT2D eigenvalue weighted by atomic mass is 16.5. The second-order valence-electron chi connectivity index (χ2n) is 8.67. The lowest BCUT2D eigenvalue weighted by atomic mass is 9.99. The van der Waals surface area contributed by atoms with Gasteiger partial charge in [-0.15, -0.1) is 0 Å². The third-order valence-corrected chi connectivity index (χ3v) is 6.39. The molecule has 0 spiro atoms. The van der Waals surface area contributed by atoms with Crippen LogP contribution >= 0.6 is 0 Å². The summed E-state index contributed by atoms with van der Waals surface area (Å²) in [4.78, 5) is 23.4. The van der Waals surface area contributed by atoms with E-state index < -0.39 is 6.10 Å². The van der Waals surface area contributed by atoms with Crippen molar-refractivity contribution in [1.82, 2.24) is 14.9 Å². The van der Waals surface area contributed by atoms with Crippen molar-refractivity contribution in [2.45, 2.75) is 51.7 Å². The maximum Gasteiger partial charge on any atom is 0.222 e. The minimum atomic E-state index is -0.489. The predicted octanol–water partition coefficient (Wildman–Crippen LogP) is 3.06. The van der Waals surface area contributed by atoms with Gasteiger partial charge in [-0.3, -0.25) is 4.79 Å². The average Bonchev–Trinajstić information content (AvgIpc) is 3.22. The summed E-state index contributed by atoms with van der Waals surface area (Å²) in [6.45, 7) is 6.57. The number of amides is 1. The van der Waals surface area contributed by atoms with Crippen LogP contribution in [-0.4, -0.2) is 52.2 Å². The zero-order valence-electron chi connectivity index (χ0n) is 18.4. The van der Waals surface area contributed by atoms with Crippen LogP contribution in [0, 0.1) is 5.92 Å². The summed E-state index contributed by atoms with van der Waals surface area (Å²) in [5.41, 5.74) is 4.27. The molecule has 2 aliphatic rings. The Hall–Kier alpha value is -2.51. The molecule has 7 nitrogen and oxygen atoms in total. The summed E-state index contributed by atoms with van der Waals surface area (Å²) in [6.07, 6.45) is 4.39. The third kappa shape index (κ3) is 5.22. The van der Waals surface area contributed by atoms with Crippen LogP contribution in [0.25, 0.3) is 0 Å². The minimum Gasteiger partial charge on any atom is -0.389 e. The van der Waals surface area contributed by atoms with E-state index in [2.05, 4.69) is 28.3 Å². The number of ether oxygens (including phenoxy) is 1. The lowest BCUT2D eigenvalue weighted by Crippen LogP contribution is -2.40. The Morgan fingerprint density at radius 3 is 2.77 bits per heavy atom. The van der Waals surface area contributed by atoms with Crippen molar-refractivity contribution in [3.05, 3.63) is 53.0 Å². The number of hydrogen-bond donors (Lipinski definition) is 2. The lowest BCUT2D eigenvalue weighted by Gasteiger charge is -2.27. The molecule has 0 bridgehead atoms. The molecule has 3 atom stereocenters. The number of hydrogen-bond acceptors (Lipinski definition) is 6. The molecule has 4 rings (SSSR count). The summed E-state index contributed by atoms with van der Waals surface area (Å²) in [7, 11) is 0. The van der Waals surface area contributed by atoms with Crippen molar-refractivity contribution >= 4 is 11.7 Å². The number of carbonyl (C=O) groups is 1. The quantitative estimate of drug-likeness (QED) is 0.710. The third-order valence-electron chi connectivity index (χ3n) is 6.39. The number of aliphatic hydroxyl groups is 1. The van der Waals surface area contributed by atoms with Crippen molar-refractivity contribution in [2.24, 2.45) is 5.92 Å². The summed E-state index contributed by atoms with van der Waals surface area (Å²) in [5, 5.41) is 13.4. The smallest absolute Gasteiger partial charge is 0.222 e. The van der Waals surface area contributed by atoms with Crippen LogP contribution in [0.15, 0.2) is 30.6 Å². The van der Waals surface area contributed by atoms with Crippen LogP contribution in [-0.2, 0) is 22.4 Å². The zero-order chi connectivity index (χ0) is 21.8. The SMILES string of the molecule is CC(O)c1cccc(C(C)Nc2ncnc3c2CC(CCC(=O)N2CCOCC2)C3)c1. The van der Waals surface area contributed by atoms with Gasteiger partial charge in [0, 0.05) is 36.8 Å². The highest BCUT2D eigenvalue weighted by Crippen LogP contribution is 2.33. The topological polar surface area (TPSA) is 87.6 Å². The van der Waals surface area contributed by atoms with E-state index in [4.69, 9.17) is 4.74 Å². The monoisotopic (exact) mass is 424 g/mol. The number of rotatable bonds is 7. The van der Waals surface area contributed by atoms with E-state index in [1.165, 1.54) is 5.56 Å². The number of aromatic nitrogens is 2. The fraction of sp³-hybridized carbons (Fsp3) is 0.542. The Morgan fingerprint density at radius 1 is 1.23 bits per heavy atom. The molecule has 1 saturated heterocycles. The molecule has 1 amide bonds. The van der Waals surface area contributed by atoms with E-state index in [1.807, 2.05) is 23.1 Å². The maximum absolute atomic E-state index is 12.5. The molecule has 2 N–H and O–H groups in total. The summed E-state index contributed by atoms with van der Waals surface area (Å²) >= 11 is 0. The molecule has 1 aromatic heterocycles. The standard InChI is InChI=1S/C24H32N4O3/c1-16(19-4-3-5-20(14-19)17(2)29)27-24-21-12-18(13-22(21)25-15-26-24)6-7-23(30)28-8-10-31-11-9-28/h3-5,14-18,29H,6-13H2,1-2H3,(H,25,26,27). The fourth-order valence-electron chi connectivity index (χ4n) is 4.48. The van der Waals surface area contributed by atoms with E-state index >= 15 is 0 Å². The number of aliphatic hydroxyl groups excluding tert-OH is 1. The molecule has 1 fully saturated rings. The molecule has 3 unspecified atom stereocenters. The summed E-state index contributed by atoms with van der Waals surface area (Å²) in [6, 6.07) is 8.06. The van der Waals surface area contributed by atoms with E-state index in [-0.39, 0.29) is 11.9 Å². The summed E-state index contributed by atoms with van der Waals surface area (Å²) < 4.78 is 5.34. The molecule has 1 aromatic carbocycles. The molecule has 2 aromatic rings. The largest absolute Gasteiger partial charge is 0.389 e. The highest BCUT2D eigenvalue weighted by Gasteiger charge is 2.28. The van der Waals surface area contributed by atoms with Crippen molar-refractivity contribution in [2.75, 3.05) is 31.6 Å². The number of carbonyl (C=O) groups excluding carboxylic acids is 1. The highest BCUT2D eigenvalue weighted by molar-refractivity contribution is 5.76. The van der Waals surface area contributed by atoms with Crippen LogP contribution in [0.2, 0.25) is 0 Å². The molecule has 31 heavy (non-hydrogen) atoms. The van der Waals surface area contributed by atoms with Crippen LogP contribution in [0.5, 0.6) is 0 Å². The number of nitrogens with zero attached hydrogens (tertiary/aromatic N) is 3. The molecule has 7 heteroatoms. The van der Waals surface area contributed by atoms with Crippen molar-refractivity contribution in [3.63, 3.8) is 0 Å². The predicted molar refractivity (Wildman–Crippen MR) is 119 cm³/mol. The van der Waals surface area contributed by atoms with Gasteiger partial charge in [-0.2, -0.15) is 0 Å². The second kappa shape index (κ2) is 9.75. The minimum absolute atomic E-state index is 0.0552. The second-order valence-corrected chi connectivity index (χ2v) is 8.67. The Bertz CT molecular complexity index is 911. The van der Waals surface area contributed by atoms with Gasteiger partial charge in [0.05, 0.1) is 19.3 Å².